The van der Waals surface area contributed by atoms with Gasteiger partial charge in [0.1, 0.15) is 11.5 Å². The Labute approximate surface area is 136 Å². The molecule has 0 radical (unpaired) electrons. The summed E-state index contributed by atoms with van der Waals surface area (Å²) in [5, 5.41) is 2.88. The lowest BCUT2D eigenvalue weighted by atomic mass is 10.1. The average molecular weight is 315 g/mol. The van der Waals surface area contributed by atoms with Gasteiger partial charge in [-0.2, -0.15) is 0 Å². The summed E-state index contributed by atoms with van der Waals surface area (Å²) in [5.74, 6) is 1.35. The molecule has 5 heteroatoms. The lowest BCUT2D eigenvalue weighted by Gasteiger charge is -2.17. The Morgan fingerprint density at radius 3 is 1.91 bits per heavy atom. The van der Waals surface area contributed by atoms with Gasteiger partial charge in [0.05, 0.1) is 20.3 Å². The number of amides is 1. The van der Waals surface area contributed by atoms with Crippen molar-refractivity contribution in [3.63, 3.8) is 0 Å². The quantitative estimate of drug-likeness (QED) is 0.853. The van der Waals surface area contributed by atoms with E-state index < -0.39 is 0 Å². The van der Waals surface area contributed by atoms with Crippen molar-refractivity contribution in [2.45, 2.75) is 6.10 Å². The molecule has 0 saturated carbocycles. The van der Waals surface area contributed by atoms with Crippen LogP contribution in [0.25, 0.3) is 0 Å². The Balaban J connectivity index is 1.96. The Bertz CT molecular complexity index is 622. The molecular weight excluding hydrogens is 294 g/mol. The Morgan fingerprint density at radius 1 is 0.913 bits per heavy atom. The number of rotatable bonds is 7. The molecular formula is C18H21NO4. The van der Waals surface area contributed by atoms with E-state index in [0.717, 1.165) is 17.1 Å². The lowest BCUT2D eigenvalue weighted by Crippen LogP contribution is -2.29. The van der Waals surface area contributed by atoms with Gasteiger partial charge in [-0.15, -0.1) is 0 Å². The summed E-state index contributed by atoms with van der Waals surface area (Å²) in [6, 6.07) is 14.5. The van der Waals surface area contributed by atoms with E-state index in [2.05, 4.69) is 5.32 Å². The number of benzene rings is 2. The molecule has 1 N–H and O–H groups in total. The molecule has 1 atom stereocenters. The molecule has 0 bridgehead atoms. The second kappa shape index (κ2) is 8.19. The molecule has 0 aliphatic heterocycles. The van der Waals surface area contributed by atoms with Gasteiger partial charge in [0, 0.05) is 19.2 Å². The second-order valence-corrected chi connectivity index (χ2v) is 4.94. The van der Waals surface area contributed by atoms with E-state index in [0.29, 0.717) is 12.1 Å². The highest BCUT2D eigenvalue weighted by atomic mass is 16.5. The Hall–Kier alpha value is -2.53. The highest BCUT2D eigenvalue weighted by Gasteiger charge is 2.13. The SMILES string of the molecule is COc1ccc(C(=O)NCC(OC)c2ccc(OC)cc2)cc1. The number of hydrogen-bond donors (Lipinski definition) is 1. The third-order valence-electron chi connectivity index (χ3n) is 3.57. The Morgan fingerprint density at radius 2 is 1.43 bits per heavy atom. The van der Waals surface area contributed by atoms with Gasteiger partial charge in [0.15, 0.2) is 0 Å². The van der Waals surface area contributed by atoms with E-state index in [9.17, 15) is 4.79 Å². The lowest BCUT2D eigenvalue weighted by molar-refractivity contribution is 0.0827. The molecule has 0 aromatic heterocycles. The summed E-state index contributed by atoms with van der Waals surface area (Å²) in [7, 11) is 4.83. The molecule has 5 nitrogen and oxygen atoms in total. The summed E-state index contributed by atoms with van der Waals surface area (Å²) in [6.45, 7) is 0.383. The predicted octanol–water partition coefficient (Wildman–Crippen LogP) is 2.82. The van der Waals surface area contributed by atoms with Gasteiger partial charge in [-0.25, -0.2) is 0 Å². The largest absolute Gasteiger partial charge is 0.497 e. The summed E-state index contributed by atoms with van der Waals surface area (Å²) in [4.78, 5) is 12.2. The maximum Gasteiger partial charge on any atom is 0.251 e. The zero-order valence-corrected chi connectivity index (χ0v) is 13.5. The van der Waals surface area contributed by atoms with Crippen LogP contribution in [-0.4, -0.2) is 33.8 Å². The molecule has 0 spiro atoms. The first-order valence-corrected chi connectivity index (χ1v) is 7.27. The Kier molecular flexibility index (Phi) is 6.00. The van der Waals surface area contributed by atoms with Crippen LogP contribution < -0.4 is 14.8 Å². The van der Waals surface area contributed by atoms with Crippen molar-refractivity contribution in [2.75, 3.05) is 27.9 Å². The van der Waals surface area contributed by atoms with Crippen LogP contribution in [0.5, 0.6) is 11.5 Å². The van der Waals surface area contributed by atoms with E-state index in [1.807, 2.05) is 24.3 Å². The van der Waals surface area contributed by atoms with Crippen LogP contribution in [0.1, 0.15) is 22.0 Å². The number of carbonyl (C=O) groups is 1. The van der Waals surface area contributed by atoms with Gasteiger partial charge >= 0.3 is 0 Å². The molecule has 0 saturated heterocycles. The minimum absolute atomic E-state index is 0.150. The third kappa shape index (κ3) is 4.47. The maximum absolute atomic E-state index is 12.2. The van der Waals surface area contributed by atoms with Crippen molar-refractivity contribution in [2.24, 2.45) is 0 Å². The summed E-state index contributed by atoms with van der Waals surface area (Å²) < 4.78 is 15.7. The van der Waals surface area contributed by atoms with Crippen LogP contribution in [0.15, 0.2) is 48.5 Å². The van der Waals surface area contributed by atoms with Crippen LogP contribution >= 0.6 is 0 Å². The van der Waals surface area contributed by atoms with Crippen LogP contribution in [0.4, 0.5) is 0 Å². The van der Waals surface area contributed by atoms with E-state index in [1.54, 1.807) is 45.6 Å². The number of ether oxygens (including phenoxy) is 3. The summed E-state index contributed by atoms with van der Waals surface area (Å²) in [6.07, 6.45) is -0.219. The van der Waals surface area contributed by atoms with Gasteiger partial charge in [-0.1, -0.05) is 12.1 Å². The zero-order valence-electron chi connectivity index (χ0n) is 13.5. The zero-order chi connectivity index (χ0) is 16.7. The van der Waals surface area contributed by atoms with E-state index in [-0.39, 0.29) is 12.0 Å². The first-order valence-electron chi connectivity index (χ1n) is 7.27. The molecule has 122 valence electrons. The fraction of sp³-hybridized carbons (Fsp3) is 0.278. The number of nitrogens with one attached hydrogen (secondary N) is 1. The van der Waals surface area contributed by atoms with Crippen LogP contribution in [0, 0.1) is 0 Å². The average Bonchev–Trinajstić information content (AvgIpc) is 2.62. The molecule has 0 heterocycles. The fourth-order valence-electron chi connectivity index (χ4n) is 2.19. The van der Waals surface area contributed by atoms with Crippen molar-refractivity contribution in [3.8, 4) is 11.5 Å². The van der Waals surface area contributed by atoms with Crippen LogP contribution in [0.2, 0.25) is 0 Å². The molecule has 0 aliphatic carbocycles. The van der Waals surface area contributed by atoms with Crippen molar-refractivity contribution < 1.29 is 19.0 Å². The molecule has 0 aliphatic rings. The summed E-state index contributed by atoms with van der Waals surface area (Å²) in [5.41, 5.74) is 1.55. The predicted molar refractivity (Wildman–Crippen MR) is 88.1 cm³/mol. The number of hydrogen-bond acceptors (Lipinski definition) is 4. The highest BCUT2D eigenvalue weighted by Crippen LogP contribution is 2.19. The van der Waals surface area contributed by atoms with Gasteiger partial charge in [-0.3, -0.25) is 4.79 Å². The minimum Gasteiger partial charge on any atom is -0.497 e. The first-order chi connectivity index (χ1) is 11.2. The second-order valence-electron chi connectivity index (χ2n) is 4.94. The normalized spacial score (nSPS) is 11.6. The third-order valence-corrected chi connectivity index (χ3v) is 3.57. The van der Waals surface area contributed by atoms with E-state index in [4.69, 9.17) is 14.2 Å². The monoisotopic (exact) mass is 315 g/mol. The highest BCUT2D eigenvalue weighted by molar-refractivity contribution is 5.94. The molecule has 1 amide bonds. The van der Waals surface area contributed by atoms with Gasteiger partial charge in [0.2, 0.25) is 0 Å². The van der Waals surface area contributed by atoms with Gasteiger partial charge in [0.25, 0.3) is 5.91 Å². The number of methoxy groups -OCH3 is 3. The van der Waals surface area contributed by atoms with Crippen molar-refractivity contribution in [1.82, 2.24) is 5.32 Å². The van der Waals surface area contributed by atoms with E-state index in [1.165, 1.54) is 0 Å². The molecule has 2 rings (SSSR count). The first kappa shape index (κ1) is 16.8. The molecule has 2 aromatic rings. The standard InChI is InChI=1S/C18H21NO4/c1-21-15-8-4-13(5-9-15)17(23-3)12-19-18(20)14-6-10-16(22-2)11-7-14/h4-11,17H,12H2,1-3H3,(H,19,20). The van der Waals surface area contributed by atoms with Gasteiger partial charge in [-0.05, 0) is 42.0 Å². The van der Waals surface area contributed by atoms with Crippen molar-refractivity contribution in [1.29, 1.82) is 0 Å². The van der Waals surface area contributed by atoms with Crippen LogP contribution in [-0.2, 0) is 4.74 Å². The molecule has 0 fully saturated rings. The summed E-state index contributed by atoms with van der Waals surface area (Å²) >= 11 is 0. The minimum atomic E-state index is -0.219. The fourth-order valence-corrected chi connectivity index (χ4v) is 2.19. The van der Waals surface area contributed by atoms with Crippen LogP contribution in [0.3, 0.4) is 0 Å². The smallest absolute Gasteiger partial charge is 0.251 e. The van der Waals surface area contributed by atoms with E-state index >= 15 is 0 Å². The topological polar surface area (TPSA) is 56.8 Å². The van der Waals surface area contributed by atoms with Crippen molar-refractivity contribution in [3.05, 3.63) is 59.7 Å². The molecule has 2 aromatic carbocycles. The molecule has 23 heavy (non-hydrogen) atoms. The number of carbonyl (C=O) groups excluding carboxylic acids is 1. The maximum atomic E-state index is 12.2. The van der Waals surface area contributed by atoms with Gasteiger partial charge < -0.3 is 19.5 Å². The van der Waals surface area contributed by atoms with Crippen molar-refractivity contribution >= 4 is 5.91 Å². The molecule has 1 unspecified atom stereocenters.